The first kappa shape index (κ1) is 16.0. The maximum Gasteiger partial charge on any atom is 0.270 e. The lowest BCUT2D eigenvalue weighted by Gasteiger charge is -2.13. The molecule has 5 nitrogen and oxygen atoms in total. The molecule has 4 rings (SSSR count). The Labute approximate surface area is 150 Å². The number of nitrogens with zero attached hydrogens (tertiary/aromatic N) is 3. The van der Waals surface area contributed by atoms with Gasteiger partial charge < -0.3 is 0 Å². The number of hydrogen-bond acceptors (Lipinski definition) is 3. The van der Waals surface area contributed by atoms with Gasteiger partial charge in [-0.2, -0.15) is 5.10 Å². The maximum absolute atomic E-state index is 11.2. The SMILES string of the molecule is C[C@H](c1ccccc1)n1nc(-c2ccccc2)c2cc([N+](=O)[O-])ccc21. The summed E-state index contributed by atoms with van der Waals surface area (Å²) in [5.41, 5.74) is 3.78. The van der Waals surface area contributed by atoms with Crippen LogP contribution in [0, 0.1) is 10.1 Å². The molecule has 0 aliphatic heterocycles. The molecule has 5 heteroatoms. The van der Waals surface area contributed by atoms with Gasteiger partial charge in [-0.15, -0.1) is 0 Å². The molecule has 1 atom stereocenters. The minimum absolute atomic E-state index is 0.0117. The second-order valence-electron chi connectivity index (χ2n) is 6.20. The number of non-ortho nitro benzene ring substituents is 1. The van der Waals surface area contributed by atoms with Crippen molar-refractivity contribution < 1.29 is 4.92 Å². The van der Waals surface area contributed by atoms with E-state index >= 15 is 0 Å². The number of rotatable bonds is 4. The first-order valence-corrected chi connectivity index (χ1v) is 8.42. The van der Waals surface area contributed by atoms with E-state index in [0.717, 1.165) is 27.7 Å². The summed E-state index contributed by atoms with van der Waals surface area (Å²) in [7, 11) is 0. The summed E-state index contributed by atoms with van der Waals surface area (Å²) < 4.78 is 1.94. The lowest BCUT2D eigenvalue weighted by molar-refractivity contribution is -0.384. The third-order valence-corrected chi connectivity index (χ3v) is 4.60. The third kappa shape index (κ3) is 2.73. The first-order valence-electron chi connectivity index (χ1n) is 8.42. The van der Waals surface area contributed by atoms with Crippen molar-refractivity contribution in [3.05, 3.63) is 94.5 Å². The fourth-order valence-corrected chi connectivity index (χ4v) is 3.22. The van der Waals surface area contributed by atoms with Gasteiger partial charge in [-0.05, 0) is 18.6 Å². The van der Waals surface area contributed by atoms with Crippen molar-refractivity contribution in [2.45, 2.75) is 13.0 Å². The zero-order valence-corrected chi connectivity index (χ0v) is 14.2. The highest BCUT2D eigenvalue weighted by atomic mass is 16.6. The molecule has 26 heavy (non-hydrogen) atoms. The van der Waals surface area contributed by atoms with Crippen LogP contribution < -0.4 is 0 Å². The molecule has 4 aromatic rings. The van der Waals surface area contributed by atoms with Gasteiger partial charge >= 0.3 is 0 Å². The van der Waals surface area contributed by atoms with Gasteiger partial charge in [0.2, 0.25) is 0 Å². The smallest absolute Gasteiger partial charge is 0.258 e. The van der Waals surface area contributed by atoms with Gasteiger partial charge in [0.15, 0.2) is 0 Å². The van der Waals surface area contributed by atoms with E-state index in [2.05, 4.69) is 19.1 Å². The molecule has 128 valence electrons. The Morgan fingerprint density at radius 3 is 2.27 bits per heavy atom. The molecule has 0 unspecified atom stereocenters. The van der Waals surface area contributed by atoms with Crippen molar-refractivity contribution in [2.75, 3.05) is 0 Å². The van der Waals surface area contributed by atoms with E-state index in [1.54, 1.807) is 12.1 Å². The predicted molar refractivity (Wildman–Crippen MR) is 102 cm³/mol. The van der Waals surface area contributed by atoms with Gasteiger partial charge in [0.1, 0.15) is 5.69 Å². The summed E-state index contributed by atoms with van der Waals surface area (Å²) in [6, 6.07) is 24.8. The molecule has 0 amide bonds. The maximum atomic E-state index is 11.2. The Hall–Kier alpha value is -3.47. The van der Waals surface area contributed by atoms with Crippen LogP contribution >= 0.6 is 0 Å². The molecular weight excluding hydrogens is 326 g/mol. The van der Waals surface area contributed by atoms with Gasteiger partial charge in [-0.1, -0.05) is 60.7 Å². The van der Waals surface area contributed by atoms with Crippen molar-refractivity contribution in [1.29, 1.82) is 0 Å². The molecule has 0 spiro atoms. The minimum atomic E-state index is -0.369. The summed E-state index contributed by atoms with van der Waals surface area (Å²) >= 11 is 0. The summed E-state index contributed by atoms with van der Waals surface area (Å²) in [6.45, 7) is 2.08. The van der Waals surface area contributed by atoms with Crippen LogP contribution in [0.2, 0.25) is 0 Å². The third-order valence-electron chi connectivity index (χ3n) is 4.60. The van der Waals surface area contributed by atoms with Crippen molar-refractivity contribution in [3.63, 3.8) is 0 Å². The Balaban J connectivity index is 1.96. The number of hydrogen-bond donors (Lipinski definition) is 0. The van der Waals surface area contributed by atoms with Crippen molar-refractivity contribution in [3.8, 4) is 11.3 Å². The highest BCUT2D eigenvalue weighted by Gasteiger charge is 2.19. The average molecular weight is 343 g/mol. The van der Waals surface area contributed by atoms with Gasteiger partial charge in [-0.25, -0.2) is 0 Å². The molecule has 0 saturated heterocycles. The van der Waals surface area contributed by atoms with E-state index in [-0.39, 0.29) is 16.7 Å². The topological polar surface area (TPSA) is 61.0 Å². The Bertz CT molecular complexity index is 1070. The van der Waals surface area contributed by atoms with Crippen LogP contribution in [0.25, 0.3) is 22.2 Å². The van der Waals surface area contributed by atoms with Crippen molar-refractivity contribution >= 4 is 16.6 Å². The summed E-state index contributed by atoms with van der Waals surface area (Å²) in [4.78, 5) is 10.9. The lowest BCUT2D eigenvalue weighted by atomic mass is 10.1. The molecule has 3 aromatic carbocycles. The van der Waals surface area contributed by atoms with Crippen LogP contribution in [-0.2, 0) is 0 Å². The molecule has 0 fully saturated rings. The summed E-state index contributed by atoms with van der Waals surface area (Å²) in [5, 5.41) is 16.8. The van der Waals surface area contributed by atoms with Crippen molar-refractivity contribution in [2.24, 2.45) is 0 Å². The lowest BCUT2D eigenvalue weighted by Crippen LogP contribution is -2.08. The van der Waals surface area contributed by atoms with E-state index in [1.807, 2.05) is 53.2 Å². The van der Waals surface area contributed by atoms with Crippen molar-refractivity contribution in [1.82, 2.24) is 9.78 Å². The zero-order valence-electron chi connectivity index (χ0n) is 14.2. The molecule has 0 saturated carbocycles. The highest BCUT2D eigenvalue weighted by molar-refractivity contribution is 5.94. The van der Waals surface area contributed by atoms with Gasteiger partial charge in [0.25, 0.3) is 5.69 Å². The summed E-state index contributed by atoms with van der Waals surface area (Å²) in [6.07, 6.45) is 0. The van der Waals surface area contributed by atoms with E-state index in [4.69, 9.17) is 5.10 Å². The summed E-state index contributed by atoms with van der Waals surface area (Å²) in [5.74, 6) is 0. The number of nitro groups is 1. The van der Waals surface area contributed by atoms with Crippen LogP contribution in [0.3, 0.4) is 0 Å². The number of fused-ring (bicyclic) bond motifs is 1. The molecule has 1 heterocycles. The number of aromatic nitrogens is 2. The first-order chi connectivity index (χ1) is 12.6. The van der Waals surface area contributed by atoms with E-state index in [0.29, 0.717) is 0 Å². The second kappa shape index (κ2) is 6.44. The predicted octanol–water partition coefficient (Wildman–Crippen LogP) is 5.22. The highest BCUT2D eigenvalue weighted by Crippen LogP contribution is 2.33. The average Bonchev–Trinajstić information content (AvgIpc) is 3.07. The van der Waals surface area contributed by atoms with Crippen LogP contribution in [0.15, 0.2) is 78.9 Å². The minimum Gasteiger partial charge on any atom is -0.258 e. The van der Waals surface area contributed by atoms with Gasteiger partial charge in [-0.3, -0.25) is 14.8 Å². The standard InChI is InChI=1S/C21H17N3O2/c1-15(16-8-4-2-5-9-16)23-20-13-12-18(24(25)26)14-19(20)21(22-23)17-10-6-3-7-11-17/h2-15H,1H3/t15-/m1/s1. The van der Waals surface area contributed by atoms with E-state index in [9.17, 15) is 10.1 Å². The molecular formula is C21H17N3O2. The number of nitro benzene ring substituents is 1. The fraction of sp³-hybridized carbons (Fsp3) is 0.0952. The van der Waals surface area contributed by atoms with Crippen LogP contribution in [0.4, 0.5) is 5.69 Å². The van der Waals surface area contributed by atoms with Crippen LogP contribution in [-0.4, -0.2) is 14.7 Å². The fourth-order valence-electron chi connectivity index (χ4n) is 3.22. The molecule has 0 aliphatic carbocycles. The molecule has 0 bridgehead atoms. The Morgan fingerprint density at radius 2 is 1.62 bits per heavy atom. The molecule has 0 aliphatic rings. The zero-order chi connectivity index (χ0) is 18.1. The monoisotopic (exact) mass is 343 g/mol. The molecule has 0 radical (unpaired) electrons. The van der Waals surface area contributed by atoms with Crippen LogP contribution in [0.1, 0.15) is 18.5 Å². The quantitative estimate of drug-likeness (QED) is 0.377. The Kier molecular flexibility index (Phi) is 3.97. The van der Waals surface area contributed by atoms with Crippen LogP contribution in [0.5, 0.6) is 0 Å². The molecule has 1 aromatic heterocycles. The Morgan fingerprint density at radius 1 is 0.962 bits per heavy atom. The molecule has 0 N–H and O–H groups in total. The van der Waals surface area contributed by atoms with Gasteiger partial charge in [0, 0.05) is 23.1 Å². The second-order valence-corrected chi connectivity index (χ2v) is 6.20. The number of benzene rings is 3. The van der Waals surface area contributed by atoms with Gasteiger partial charge in [0.05, 0.1) is 16.5 Å². The normalized spacial score (nSPS) is 12.2. The van der Waals surface area contributed by atoms with E-state index < -0.39 is 0 Å². The largest absolute Gasteiger partial charge is 0.270 e. The van der Waals surface area contributed by atoms with E-state index in [1.165, 1.54) is 6.07 Å².